The molecule has 5 nitrogen and oxygen atoms in total. The summed E-state index contributed by atoms with van der Waals surface area (Å²) in [6.45, 7) is 1.86. The highest BCUT2D eigenvalue weighted by Crippen LogP contribution is 2.20. The zero-order valence-corrected chi connectivity index (χ0v) is 9.72. The van der Waals surface area contributed by atoms with Crippen molar-refractivity contribution < 1.29 is 14.6 Å². The van der Waals surface area contributed by atoms with E-state index in [4.69, 9.17) is 9.84 Å². The average Bonchev–Trinajstić information content (AvgIpc) is 2.77. The maximum atomic E-state index is 11.8. The second-order valence-corrected chi connectivity index (χ2v) is 4.20. The van der Waals surface area contributed by atoms with E-state index in [9.17, 15) is 4.79 Å². The van der Waals surface area contributed by atoms with Gasteiger partial charge < -0.3 is 15.2 Å². The smallest absolute Gasteiger partial charge is 0.253 e. The van der Waals surface area contributed by atoms with E-state index in [-0.39, 0.29) is 24.7 Å². The maximum Gasteiger partial charge on any atom is 0.253 e. The fourth-order valence-corrected chi connectivity index (χ4v) is 1.81. The van der Waals surface area contributed by atoms with Crippen LogP contribution in [-0.2, 0) is 16.1 Å². The number of aliphatic hydroxyl groups excluding tert-OH is 1. The minimum atomic E-state index is -0.359. The van der Waals surface area contributed by atoms with Gasteiger partial charge in [-0.25, -0.2) is 0 Å². The van der Waals surface area contributed by atoms with Crippen molar-refractivity contribution in [3.8, 4) is 0 Å². The number of pyridine rings is 1. The van der Waals surface area contributed by atoms with Gasteiger partial charge in [-0.15, -0.1) is 0 Å². The van der Waals surface area contributed by atoms with E-state index in [1.54, 1.807) is 12.1 Å². The van der Waals surface area contributed by atoms with Gasteiger partial charge in [0.2, 0.25) is 0 Å². The standard InChI is InChI=1S/C12H16N2O3/c1-8-2-5-11(17-8)12(16)14-9-3-4-10(7-15)13-6-9/h3-4,6,8,11,15H,2,5,7H2,1H3,(H,14,16). The summed E-state index contributed by atoms with van der Waals surface area (Å²) in [5, 5.41) is 11.6. The van der Waals surface area contributed by atoms with Gasteiger partial charge in [0.15, 0.2) is 0 Å². The van der Waals surface area contributed by atoms with Crippen LogP contribution in [0.5, 0.6) is 0 Å². The monoisotopic (exact) mass is 236 g/mol. The summed E-state index contributed by atoms with van der Waals surface area (Å²) >= 11 is 0. The number of anilines is 1. The van der Waals surface area contributed by atoms with Crippen molar-refractivity contribution in [2.45, 2.75) is 38.6 Å². The first-order valence-electron chi connectivity index (χ1n) is 5.71. The summed E-state index contributed by atoms with van der Waals surface area (Å²) < 4.78 is 5.47. The Bertz CT molecular complexity index is 391. The van der Waals surface area contributed by atoms with Crippen LogP contribution < -0.4 is 5.32 Å². The predicted octanol–water partition coefficient (Wildman–Crippen LogP) is 1.08. The van der Waals surface area contributed by atoms with Gasteiger partial charge >= 0.3 is 0 Å². The lowest BCUT2D eigenvalue weighted by Gasteiger charge is -2.11. The molecule has 92 valence electrons. The van der Waals surface area contributed by atoms with Gasteiger partial charge in [-0.1, -0.05) is 0 Å². The van der Waals surface area contributed by atoms with Crippen molar-refractivity contribution in [1.82, 2.24) is 4.98 Å². The molecule has 1 aromatic rings. The van der Waals surface area contributed by atoms with E-state index in [1.807, 2.05) is 6.92 Å². The van der Waals surface area contributed by atoms with E-state index in [0.717, 1.165) is 12.8 Å². The molecular formula is C12H16N2O3. The molecule has 2 N–H and O–H groups in total. The summed E-state index contributed by atoms with van der Waals surface area (Å²) in [5.41, 5.74) is 1.20. The zero-order valence-electron chi connectivity index (χ0n) is 9.72. The number of hydrogen-bond acceptors (Lipinski definition) is 4. The lowest BCUT2D eigenvalue weighted by Crippen LogP contribution is -2.27. The summed E-state index contributed by atoms with van der Waals surface area (Å²) in [6, 6.07) is 3.39. The Hall–Kier alpha value is -1.46. The fraction of sp³-hybridized carbons (Fsp3) is 0.500. The third kappa shape index (κ3) is 3.01. The first-order valence-corrected chi connectivity index (χ1v) is 5.71. The number of aromatic nitrogens is 1. The number of hydrogen-bond donors (Lipinski definition) is 2. The molecule has 2 heterocycles. The number of aliphatic hydroxyl groups is 1. The topological polar surface area (TPSA) is 71.5 Å². The first-order chi connectivity index (χ1) is 8.19. The molecular weight excluding hydrogens is 220 g/mol. The minimum absolute atomic E-state index is 0.0997. The van der Waals surface area contributed by atoms with Gasteiger partial charge in [0.1, 0.15) is 6.10 Å². The molecule has 1 aromatic heterocycles. The molecule has 1 aliphatic heterocycles. The molecule has 0 saturated carbocycles. The van der Waals surface area contributed by atoms with Crippen LogP contribution in [0, 0.1) is 0 Å². The molecule has 1 saturated heterocycles. The Morgan fingerprint density at radius 1 is 1.59 bits per heavy atom. The van der Waals surface area contributed by atoms with Crippen molar-refractivity contribution in [1.29, 1.82) is 0 Å². The van der Waals surface area contributed by atoms with Gasteiger partial charge in [-0.05, 0) is 31.9 Å². The largest absolute Gasteiger partial charge is 0.390 e. The van der Waals surface area contributed by atoms with Crippen LogP contribution in [-0.4, -0.2) is 28.2 Å². The molecule has 1 aliphatic rings. The number of nitrogens with zero attached hydrogens (tertiary/aromatic N) is 1. The first kappa shape index (κ1) is 12.0. The van der Waals surface area contributed by atoms with Crippen LogP contribution in [0.2, 0.25) is 0 Å². The lowest BCUT2D eigenvalue weighted by atomic mass is 10.2. The molecule has 0 radical (unpaired) electrons. The molecule has 1 fully saturated rings. The summed E-state index contributed by atoms with van der Waals surface area (Å²) in [7, 11) is 0. The van der Waals surface area contributed by atoms with E-state index in [2.05, 4.69) is 10.3 Å². The van der Waals surface area contributed by atoms with Crippen molar-refractivity contribution in [3.63, 3.8) is 0 Å². The third-order valence-electron chi connectivity index (χ3n) is 2.78. The lowest BCUT2D eigenvalue weighted by molar-refractivity contribution is -0.126. The molecule has 2 unspecified atom stereocenters. The van der Waals surface area contributed by atoms with Gasteiger partial charge in [0.25, 0.3) is 5.91 Å². The molecule has 17 heavy (non-hydrogen) atoms. The zero-order chi connectivity index (χ0) is 12.3. The van der Waals surface area contributed by atoms with E-state index >= 15 is 0 Å². The number of rotatable bonds is 3. The van der Waals surface area contributed by atoms with Gasteiger partial charge in [0, 0.05) is 0 Å². The molecule has 0 bridgehead atoms. The van der Waals surface area contributed by atoms with E-state index in [0.29, 0.717) is 11.4 Å². The second kappa shape index (κ2) is 5.25. The van der Waals surface area contributed by atoms with Gasteiger partial charge in [-0.2, -0.15) is 0 Å². The Morgan fingerprint density at radius 3 is 2.94 bits per heavy atom. The minimum Gasteiger partial charge on any atom is -0.390 e. The van der Waals surface area contributed by atoms with Crippen molar-refractivity contribution in [2.75, 3.05) is 5.32 Å². The average molecular weight is 236 g/mol. The molecule has 0 aliphatic carbocycles. The Kier molecular flexibility index (Phi) is 3.71. The van der Waals surface area contributed by atoms with E-state index < -0.39 is 0 Å². The van der Waals surface area contributed by atoms with Crippen LogP contribution in [0.15, 0.2) is 18.3 Å². The van der Waals surface area contributed by atoms with Crippen molar-refractivity contribution >= 4 is 11.6 Å². The van der Waals surface area contributed by atoms with Gasteiger partial charge in [-0.3, -0.25) is 9.78 Å². The normalized spacial score (nSPS) is 23.6. The Labute approximate surface area is 99.8 Å². The summed E-state index contributed by atoms with van der Waals surface area (Å²) in [6.07, 6.45) is 3.00. The quantitative estimate of drug-likeness (QED) is 0.823. The highest BCUT2D eigenvalue weighted by atomic mass is 16.5. The highest BCUT2D eigenvalue weighted by molar-refractivity contribution is 5.94. The predicted molar refractivity (Wildman–Crippen MR) is 62.4 cm³/mol. The van der Waals surface area contributed by atoms with Crippen molar-refractivity contribution in [3.05, 3.63) is 24.0 Å². The third-order valence-corrected chi connectivity index (χ3v) is 2.78. The Balaban J connectivity index is 1.93. The van der Waals surface area contributed by atoms with Crippen LogP contribution in [0.3, 0.4) is 0 Å². The van der Waals surface area contributed by atoms with Gasteiger partial charge in [0.05, 0.1) is 30.3 Å². The highest BCUT2D eigenvalue weighted by Gasteiger charge is 2.28. The van der Waals surface area contributed by atoms with Crippen LogP contribution >= 0.6 is 0 Å². The fourth-order valence-electron chi connectivity index (χ4n) is 1.81. The molecule has 5 heteroatoms. The van der Waals surface area contributed by atoms with Crippen LogP contribution in [0.1, 0.15) is 25.5 Å². The van der Waals surface area contributed by atoms with Crippen LogP contribution in [0.25, 0.3) is 0 Å². The molecule has 1 amide bonds. The number of nitrogens with one attached hydrogen (secondary N) is 1. The van der Waals surface area contributed by atoms with Crippen molar-refractivity contribution in [2.24, 2.45) is 0 Å². The number of carbonyl (C=O) groups excluding carboxylic acids is 1. The SMILES string of the molecule is CC1CCC(C(=O)Nc2ccc(CO)nc2)O1. The van der Waals surface area contributed by atoms with E-state index in [1.165, 1.54) is 6.20 Å². The molecule has 0 aromatic carbocycles. The molecule has 2 rings (SSSR count). The maximum absolute atomic E-state index is 11.8. The number of amides is 1. The molecule has 2 atom stereocenters. The summed E-state index contributed by atoms with van der Waals surface area (Å²) in [5.74, 6) is -0.132. The Morgan fingerprint density at radius 2 is 2.41 bits per heavy atom. The number of ether oxygens (including phenoxy) is 1. The number of carbonyl (C=O) groups is 1. The molecule has 0 spiro atoms. The van der Waals surface area contributed by atoms with Crippen LogP contribution in [0.4, 0.5) is 5.69 Å². The second-order valence-electron chi connectivity index (χ2n) is 4.20. The summed E-state index contributed by atoms with van der Waals surface area (Å²) in [4.78, 5) is 15.8.